The summed E-state index contributed by atoms with van der Waals surface area (Å²) < 4.78 is 5.16. The van der Waals surface area contributed by atoms with Gasteiger partial charge in [0.1, 0.15) is 0 Å². The van der Waals surface area contributed by atoms with E-state index in [1.165, 1.54) is 5.56 Å². The molecule has 0 saturated heterocycles. The van der Waals surface area contributed by atoms with Crippen molar-refractivity contribution in [3.05, 3.63) is 65.2 Å². The van der Waals surface area contributed by atoms with Gasteiger partial charge >= 0.3 is 0 Å². The van der Waals surface area contributed by atoms with Crippen LogP contribution in [0.3, 0.4) is 0 Å². The molecule has 0 aliphatic heterocycles. The highest BCUT2D eigenvalue weighted by Gasteiger charge is 2.08. The van der Waals surface area contributed by atoms with E-state index in [-0.39, 0.29) is 6.04 Å². The topological polar surface area (TPSA) is 45.0 Å². The zero-order valence-electron chi connectivity index (χ0n) is 12.5. The maximum Gasteiger partial charge on any atom is 0.0991 e. The summed E-state index contributed by atoms with van der Waals surface area (Å²) >= 11 is 0. The molecule has 3 heteroatoms. The van der Waals surface area contributed by atoms with Crippen LogP contribution >= 0.6 is 0 Å². The third-order valence-corrected chi connectivity index (χ3v) is 3.48. The van der Waals surface area contributed by atoms with Crippen LogP contribution in [-0.4, -0.2) is 13.7 Å². The van der Waals surface area contributed by atoms with E-state index in [1.807, 2.05) is 36.4 Å². The van der Waals surface area contributed by atoms with Gasteiger partial charge in [-0.2, -0.15) is 5.26 Å². The lowest BCUT2D eigenvalue weighted by Gasteiger charge is -2.18. The molecule has 0 amide bonds. The second-order valence-corrected chi connectivity index (χ2v) is 5.00. The van der Waals surface area contributed by atoms with E-state index in [9.17, 15) is 0 Å². The molecule has 0 bridgehead atoms. The van der Waals surface area contributed by atoms with Crippen LogP contribution in [-0.2, 0) is 11.2 Å². The van der Waals surface area contributed by atoms with Crippen LogP contribution in [0.5, 0.6) is 0 Å². The van der Waals surface area contributed by atoms with Gasteiger partial charge in [0.2, 0.25) is 0 Å². The maximum atomic E-state index is 8.99. The fourth-order valence-corrected chi connectivity index (χ4v) is 2.29. The van der Waals surface area contributed by atoms with Gasteiger partial charge in [-0.05, 0) is 42.7 Å². The summed E-state index contributed by atoms with van der Waals surface area (Å²) in [5, 5.41) is 12.5. The predicted molar refractivity (Wildman–Crippen MR) is 85.2 cm³/mol. The van der Waals surface area contributed by atoms with Crippen LogP contribution in [0, 0.1) is 11.3 Å². The number of nitrogens with zero attached hydrogens (tertiary/aromatic N) is 1. The van der Waals surface area contributed by atoms with Crippen LogP contribution in [0.25, 0.3) is 0 Å². The molecule has 108 valence electrons. The summed E-state index contributed by atoms with van der Waals surface area (Å²) in [5.74, 6) is 0. The number of methoxy groups -OCH3 is 1. The number of hydrogen-bond donors (Lipinski definition) is 1. The molecule has 3 nitrogen and oxygen atoms in total. The lowest BCUT2D eigenvalue weighted by atomic mass is 10.0. The number of para-hydroxylation sites is 1. The molecular weight excluding hydrogens is 260 g/mol. The first kappa shape index (κ1) is 15.1. The van der Waals surface area contributed by atoms with Crippen LogP contribution < -0.4 is 5.32 Å². The number of hydrogen-bond acceptors (Lipinski definition) is 3. The van der Waals surface area contributed by atoms with Crippen LogP contribution in [0.15, 0.2) is 48.5 Å². The average molecular weight is 280 g/mol. The zero-order valence-corrected chi connectivity index (χ0v) is 12.5. The Balaban J connectivity index is 2.15. The normalized spacial score (nSPS) is 11.7. The van der Waals surface area contributed by atoms with Crippen LogP contribution in [0.2, 0.25) is 0 Å². The zero-order chi connectivity index (χ0) is 15.1. The Morgan fingerprint density at radius 2 is 2.00 bits per heavy atom. The summed E-state index contributed by atoms with van der Waals surface area (Å²) in [4.78, 5) is 0. The number of anilines is 1. The summed E-state index contributed by atoms with van der Waals surface area (Å²) in [7, 11) is 1.71. The van der Waals surface area contributed by atoms with E-state index < -0.39 is 0 Å². The smallest absolute Gasteiger partial charge is 0.0991 e. The van der Waals surface area contributed by atoms with Gasteiger partial charge in [0.05, 0.1) is 18.2 Å². The first-order valence-corrected chi connectivity index (χ1v) is 7.08. The van der Waals surface area contributed by atoms with Crippen molar-refractivity contribution in [2.45, 2.75) is 19.4 Å². The number of nitriles is 1. The van der Waals surface area contributed by atoms with E-state index >= 15 is 0 Å². The van der Waals surface area contributed by atoms with Crippen molar-refractivity contribution in [3.8, 4) is 6.07 Å². The van der Waals surface area contributed by atoms with Gasteiger partial charge in [0.25, 0.3) is 0 Å². The molecule has 2 aromatic carbocycles. The first-order chi connectivity index (χ1) is 10.2. The largest absolute Gasteiger partial charge is 0.384 e. The molecule has 1 unspecified atom stereocenters. The van der Waals surface area contributed by atoms with Gasteiger partial charge in [-0.3, -0.25) is 0 Å². The van der Waals surface area contributed by atoms with E-state index in [1.54, 1.807) is 7.11 Å². The lowest BCUT2D eigenvalue weighted by Crippen LogP contribution is -2.09. The molecule has 2 rings (SSSR count). The number of ether oxygens (including phenoxy) is 1. The molecule has 0 fully saturated rings. The SMILES string of the molecule is COCCc1ccccc1NC(C)c1cccc(C#N)c1. The molecule has 0 saturated carbocycles. The van der Waals surface area contributed by atoms with E-state index in [0.29, 0.717) is 12.2 Å². The number of rotatable bonds is 6. The summed E-state index contributed by atoms with van der Waals surface area (Å²) in [6.45, 7) is 2.81. The van der Waals surface area contributed by atoms with Gasteiger partial charge in [0.15, 0.2) is 0 Å². The molecule has 0 aromatic heterocycles. The van der Waals surface area contributed by atoms with Gasteiger partial charge in [-0.1, -0.05) is 30.3 Å². The average Bonchev–Trinajstić information content (AvgIpc) is 2.54. The minimum Gasteiger partial charge on any atom is -0.384 e. The first-order valence-electron chi connectivity index (χ1n) is 7.08. The monoisotopic (exact) mass is 280 g/mol. The van der Waals surface area contributed by atoms with E-state index in [4.69, 9.17) is 10.00 Å². The Labute approximate surface area is 126 Å². The Kier molecular flexibility index (Phi) is 5.36. The van der Waals surface area contributed by atoms with Crippen molar-refractivity contribution in [2.75, 3.05) is 19.0 Å². The number of nitrogens with one attached hydrogen (secondary N) is 1. The van der Waals surface area contributed by atoms with Crippen molar-refractivity contribution in [1.82, 2.24) is 0 Å². The molecule has 0 aliphatic carbocycles. The number of benzene rings is 2. The van der Waals surface area contributed by atoms with E-state index in [0.717, 1.165) is 17.7 Å². The van der Waals surface area contributed by atoms with Crippen LogP contribution in [0.1, 0.15) is 29.7 Å². The Bertz CT molecular complexity index is 631. The molecule has 0 radical (unpaired) electrons. The van der Waals surface area contributed by atoms with Crippen molar-refractivity contribution < 1.29 is 4.74 Å². The van der Waals surface area contributed by atoms with Crippen molar-refractivity contribution in [2.24, 2.45) is 0 Å². The molecule has 0 heterocycles. The molecular formula is C18H20N2O. The second-order valence-electron chi connectivity index (χ2n) is 5.00. The highest BCUT2D eigenvalue weighted by atomic mass is 16.5. The minimum absolute atomic E-state index is 0.141. The second kappa shape index (κ2) is 7.47. The Morgan fingerprint density at radius 3 is 2.76 bits per heavy atom. The van der Waals surface area contributed by atoms with Crippen LogP contribution in [0.4, 0.5) is 5.69 Å². The third-order valence-electron chi connectivity index (χ3n) is 3.48. The predicted octanol–water partition coefficient (Wildman–Crippen LogP) is 3.92. The van der Waals surface area contributed by atoms with Gasteiger partial charge in [-0.25, -0.2) is 0 Å². The lowest BCUT2D eigenvalue weighted by molar-refractivity contribution is 0.202. The molecule has 1 atom stereocenters. The molecule has 1 N–H and O–H groups in total. The van der Waals surface area contributed by atoms with E-state index in [2.05, 4.69) is 30.4 Å². The van der Waals surface area contributed by atoms with Crippen molar-refractivity contribution in [3.63, 3.8) is 0 Å². The fraction of sp³-hybridized carbons (Fsp3) is 0.278. The van der Waals surface area contributed by atoms with Gasteiger partial charge < -0.3 is 10.1 Å². The standard InChI is InChI=1S/C18H20N2O/c1-14(17-8-5-6-15(12-17)13-19)20-18-9-4-3-7-16(18)10-11-21-2/h3-9,12,14,20H,10-11H2,1-2H3. The maximum absolute atomic E-state index is 8.99. The van der Waals surface area contributed by atoms with Gasteiger partial charge in [0, 0.05) is 18.8 Å². The Morgan fingerprint density at radius 1 is 1.19 bits per heavy atom. The molecule has 0 spiro atoms. The summed E-state index contributed by atoms with van der Waals surface area (Å²) in [6, 6.07) is 18.3. The van der Waals surface area contributed by atoms with Crippen molar-refractivity contribution >= 4 is 5.69 Å². The molecule has 21 heavy (non-hydrogen) atoms. The third kappa shape index (κ3) is 4.08. The summed E-state index contributed by atoms with van der Waals surface area (Å²) in [5.41, 5.74) is 4.15. The highest BCUT2D eigenvalue weighted by molar-refractivity contribution is 5.53. The Hall–Kier alpha value is -2.31. The quantitative estimate of drug-likeness (QED) is 0.872. The minimum atomic E-state index is 0.141. The van der Waals surface area contributed by atoms with Gasteiger partial charge in [-0.15, -0.1) is 0 Å². The molecule has 0 aliphatic rings. The molecule has 2 aromatic rings. The van der Waals surface area contributed by atoms with Crippen molar-refractivity contribution in [1.29, 1.82) is 5.26 Å². The summed E-state index contributed by atoms with van der Waals surface area (Å²) in [6.07, 6.45) is 0.880. The highest BCUT2D eigenvalue weighted by Crippen LogP contribution is 2.23. The fourth-order valence-electron chi connectivity index (χ4n) is 2.29.